The van der Waals surface area contributed by atoms with E-state index < -0.39 is 17.8 Å². The van der Waals surface area contributed by atoms with E-state index in [-0.39, 0.29) is 11.6 Å². The molecular formula is C21H25N3O3. The Bertz CT molecular complexity index is 787. The van der Waals surface area contributed by atoms with Gasteiger partial charge in [0.2, 0.25) is 0 Å². The van der Waals surface area contributed by atoms with Crippen molar-refractivity contribution in [1.29, 1.82) is 0 Å². The Morgan fingerprint density at radius 1 is 1.04 bits per heavy atom. The molecule has 0 unspecified atom stereocenters. The zero-order chi connectivity index (χ0) is 19.4. The number of carbonyl (C=O) groups excluding carboxylic acids is 3. The molecule has 0 aromatic heterocycles. The molecule has 0 atom stereocenters. The SMILES string of the molecule is CN(C)c1ccc(C=CC=C2C(=O)NC(=O)N(C3CCCCC3)C2=O)cc1. The summed E-state index contributed by atoms with van der Waals surface area (Å²) in [5, 5.41) is 2.30. The molecule has 6 nitrogen and oxygen atoms in total. The lowest BCUT2D eigenvalue weighted by molar-refractivity contribution is -0.132. The third-order valence-corrected chi connectivity index (χ3v) is 5.03. The lowest BCUT2D eigenvalue weighted by Gasteiger charge is -2.35. The topological polar surface area (TPSA) is 69.7 Å². The van der Waals surface area contributed by atoms with Gasteiger partial charge in [-0.05, 0) is 36.6 Å². The van der Waals surface area contributed by atoms with Crippen molar-refractivity contribution < 1.29 is 14.4 Å². The molecule has 1 saturated heterocycles. The maximum atomic E-state index is 12.7. The Kier molecular flexibility index (Phi) is 5.74. The van der Waals surface area contributed by atoms with Crippen LogP contribution in [0.25, 0.3) is 6.08 Å². The van der Waals surface area contributed by atoms with Gasteiger partial charge in [0.15, 0.2) is 0 Å². The Morgan fingerprint density at radius 2 is 1.70 bits per heavy atom. The van der Waals surface area contributed by atoms with Crippen LogP contribution < -0.4 is 10.2 Å². The molecule has 2 aliphatic rings. The van der Waals surface area contributed by atoms with E-state index in [0.717, 1.165) is 43.4 Å². The number of nitrogens with one attached hydrogen (secondary N) is 1. The summed E-state index contributed by atoms with van der Waals surface area (Å²) in [4.78, 5) is 40.3. The molecule has 142 valence electrons. The second kappa shape index (κ2) is 8.20. The van der Waals surface area contributed by atoms with Gasteiger partial charge >= 0.3 is 6.03 Å². The number of allylic oxidation sites excluding steroid dienone is 2. The Labute approximate surface area is 159 Å². The number of anilines is 1. The first-order chi connectivity index (χ1) is 13.0. The number of barbiturate groups is 1. The van der Waals surface area contributed by atoms with Crippen LogP contribution in [0.5, 0.6) is 0 Å². The highest BCUT2D eigenvalue weighted by Crippen LogP contribution is 2.25. The molecule has 0 radical (unpaired) electrons. The van der Waals surface area contributed by atoms with Crippen molar-refractivity contribution in [3.63, 3.8) is 0 Å². The second-order valence-electron chi connectivity index (χ2n) is 7.15. The van der Waals surface area contributed by atoms with Gasteiger partial charge < -0.3 is 4.90 Å². The van der Waals surface area contributed by atoms with Gasteiger partial charge in [-0.15, -0.1) is 0 Å². The molecule has 0 bridgehead atoms. The van der Waals surface area contributed by atoms with E-state index >= 15 is 0 Å². The highest BCUT2D eigenvalue weighted by molar-refractivity contribution is 6.29. The van der Waals surface area contributed by atoms with E-state index in [0.29, 0.717) is 0 Å². The molecule has 1 aromatic rings. The number of carbonyl (C=O) groups is 3. The summed E-state index contributed by atoms with van der Waals surface area (Å²) < 4.78 is 0. The van der Waals surface area contributed by atoms with E-state index in [1.165, 1.54) is 11.0 Å². The molecule has 1 heterocycles. The summed E-state index contributed by atoms with van der Waals surface area (Å²) in [6, 6.07) is 7.20. The number of benzene rings is 1. The monoisotopic (exact) mass is 367 g/mol. The minimum absolute atomic E-state index is 0.00124. The van der Waals surface area contributed by atoms with Crippen molar-refractivity contribution >= 4 is 29.6 Å². The maximum Gasteiger partial charge on any atom is 0.331 e. The first kappa shape index (κ1) is 18.9. The van der Waals surface area contributed by atoms with Crippen LogP contribution in [0.15, 0.2) is 42.0 Å². The number of urea groups is 1. The molecule has 1 aliphatic heterocycles. The summed E-state index contributed by atoms with van der Waals surface area (Å²) in [7, 11) is 3.95. The van der Waals surface area contributed by atoms with Gasteiger partial charge in [-0.3, -0.25) is 19.8 Å². The van der Waals surface area contributed by atoms with Crippen LogP contribution in [0, 0.1) is 0 Å². The molecule has 1 saturated carbocycles. The van der Waals surface area contributed by atoms with Crippen LogP contribution in [0.4, 0.5) is 10.5 Å². The Hall–Kier alpha value is -2.89. The van der Waals surface area contributed by atoms with Crippen molar-refractivity contribution in [2.75, 3.05) is 19.0 Å². The average Bonchev–Trinajstić information content (AvgIpc) is 2.65. The highest BCUT2D eigenvalue weighted by Gasteiger charge is 2.39. The van der Waals surface area contributed by atoms with E-state index in [1.807, 2.05) is 49.3 Å². The van der Waals surface area contributed by atoms with Crippen LogP contribution in [0.2, 0.25) is 0 Å². The number of rotatable bonds is 4. The summed E-state index contributed by atoms with van der Waals surface area (Å²) in [6.45, 7) is 0. The molecular weight excluding hydrogens is 342 g/mol. The number of imide groups is 2. The fourth-order valence-corrected chi connectivity index (χ4v) is 3.50. The normalized spacial score (nSPS) is 20.4. The standard InChI is InChI=1S/C21H25N3O3/c1-23(2)16-13-11-15(12-14-16)7-6-10-18-19(25)22-21(27)24(20(18)26)17-8-4-3-5-9-17/h6-7,10-14,17H,3-5,8-9H2,1-2H3,(H,22,25,27). The maximum absolute atomic E-state index is 12.7. The van der Waals surface area contributed by atoms with Crippen LogP contribution in [0.1, 0.15) is 37.7 Å². The molecule has 27 heavy (non-hydrogen) atoms. The molecule has 4 amide bonds. The van der Waals surface area contributed by atoms with Gasteiger partial charge in [-0.1, -0.05) is 43.5 Å². The zero-order valence-electron chi connectivity index (χ0n) is 15.8. The first-order valence-electron chi connectivity index (χ1n) is 9.32. The molecule has 3 rings (SSSR count). The largest absolute Gasteiger partial charge is 0.378 e. The van der Waals surface area contributed by atoms with Crippen LogP contribution in [-0.4, -0.2) is 42.9 Å². The fraction of sp³-hybridized carbons (Fsp3) is 0.381. The zero-order valence-corrected chi connectivity index (χ0v) is 15.8. The van der Waals surface area contributed by atoms with Crippen LogP contribution in [-0.2, 0) is 9.59 Å². The first-order valence-corrected chi connectivity index (χ1v) is 9.32. The van der Waals surface area contributed by atoms with E-state index in [9.17, 15) is 14.4 Å². The van der Waals surface area contributed by atoms with E-state index in [4.69, 9.17) is 0 Å². The molecule has 1 aromatic carbocycles. The minimum atomic E-state index is -0.635. The summed E-state index contributed by atoms with van der Waals surface area (Å²) in [6.07, 6.45) is 9.70. The van der Waals surface area contributed by atoms with Crippen molar-refractivity contribution in [3.8, 4) is 0 Å². The lowest BCUT2D eigenvalue weighted by atomic mass is 9.93. The van der Waals surface area contributed by atoms with Gasteiger partial charge in [0.25, 0.3) is 11.8 Å². The van der Waals surface area contributed by atoms with Gasteiger partial charge in [0.05, 0.1) is 0 Å². The number of nitrogens with zero attached hydrogens (tertiary/aromatic N) is 2. The van der Waals surface area contributed by atoms with Crippen molar-refractivity contribution in [2.45, 2.75) is 38.1 Å². The van der Waals surface area contributed by atoms with E-state index in [2.05, 4.69) is 5.32 Å². The van der Waals surface area contributed by atoms with E-state index in [1.54, 1.807) is 6.08 Å². The number of hydrogen-bond acceptors (Lipinski definition) is 4. The predicted molar refractivity (Wildman–Crippen MR) is 105 cm³/mol. The van der Waals surface area contributed by atoms with Gasteiger partial charge in [-0.2, -0.15) is 0 Å². The molecule has 1 N–H and O–H groups in total. The molecule has 0 spiro atoms. The van der Waals surface area contributed by atoms with Gasteiger partial charge in [-0.25, -0.2) is 4.79 Å². The number of hydrogen-bond donors (Lipinski definition) is 1. The summed E-state index contributed by atoms with van der Waals surface area (Å²) in [5.74, 6) is -1.13. The number of amides is 4. The lowest BCUT2D eigenvalue weighted by Crippen LogP contribution is -2.58. The van der Waals surface area contributed by atoms with Gasteiger partial charge in [0, 0.05) is 25.8 Å². The third-order valence-electron chi connectivity index (χ3n) is 5.03. The average molecular weight is 367 g/mol. The van der Waals surface area contributed by atoms with Crippen LogP contribution >= 0.6 is 0 Å². The summed E-state index contributed by atoms with van der Waals surface area (Å²) >= 11 is 0. The van der Waals surface area contributed by atoms with Crippen molar-refractivity contribution in [3.05, 3.63) is 47.6 Å². The smallest absolute Gasteiger partial charge is 0.331 e. The summed E-state index contributed by atoms with van der Waals surface area (Å²) in [5.41, 5.74) is 2.05. The van der Waals surface area contributed by atoms with Crippen molar-refractivity contribution in [1.82, 2.24) is 10.2 Å². The molecule has 2 fully saturated rings. The highest BCUT2D eigenvalue weighted by atomic mass is 16.2. The van der Waals surface area contributed by atoms with Crippen LogP contribution in [0.3, 0.4) is 0 Å². The quantitative estimate of drug-likeness (QED) is 0.656. The second-order valence-corrected chi connectivity index (χ2v) is 7.15. The molecule has 6 heteroatoms. The van der Waals surface area contributed by atoms with Crippen molar-refractivity contribution in [2.24, 2.45) is 0 Å². The van der Waals surface area contributed by atoms with Gasteiger partial charge in [0.1, 0.15) is 5.57 Å². The fourth-order valence-electron chi connectivity index (χ4n) is 3.50. The molecule has 1 aliphatic carbocycles. The minimum Gasteiger partial charge on any atom is -0.378 e. The predicted octanol–water partition coefficient (Wildman–Crippen LogP) is 3.10. The third kappa shape index (κ3) is 4.27. The Balaban J connectivity index is 1.76. The Morgan fingerprint density at radius 3 is 2.33 bits per heavy atom.